The van der Waals surface area contributed by atoms with E-state index in [9.17, 15) is 0 Å². The van der Waals surface area contributed by atoms with Gasteiger partial charge < -0.3 is 0 Å². The maximum Gasteiger partial charge on any atom is 0.692 e. The molecule has 6 nitrogen and oxygen atoms in total. The topological polar surface area (TPSA) is 115 Å². The van der Waals surface area contributed by atoms with Gasteiger partial charge in [0.15, 0.2) is 0 Å². The molecule has 50 valence electrons. The minimum Gasteiger partial charge on any atom is -0.134 e. The molecule has 0 atom stereocenters. The summed E-state index contributed by atoms with van der Waals surface area (Å²) in [7, 11) is -5.74. The molecule has 0 amide bonds. The Morgan fingerprint density at radius 1 is 0.778 bits per heavy atom. The van der Waals surface area contributed by atoms with Crippen molar-refractivity contribution in [3.63, 3.8) is 0 Å². The summed E-state index contributed by atoms with van der Waals surface area (Å²) in [5.74, 6) is 0. The van der Waals surface area contributed by atoms with E-state index >= 15 is 0 Å². The fraction of sp³-hybridized carbons (Fsp3) is 0. The SMILES string of the molecule is O=[P+](O)O.O=[P+](O)O.[Cd]. The van der Waals surface area contributed by atoms with E-state index in [1.165, 1.54) is 0 Å². The van der Waals surface area contributed by atoms with Gasteiger partial charge in [0, 0.05) is 36.4 Å². The first-order chi connectivity index (χ1) is 3.46. The summed E-state index contributed by atoms with van der Waals surface area (Å²) in [6.45, 7) is 0. The molecule has 0 aromatic rings. The van der Waals surface area contributed by atoms with Crippen molar-refractivity contribution >= 4 is 16.5 Å². The van der Waals surface area contributed by atoms with Gasteiger partial charge in [-0.25, -0.2) is 0 Å². The van der Waals surface area contributed by atoms with E-state index in [-0.39, 0.29) is 27.3 Å². The van der Waals surface area contributed by atoms with Gasteiger partial charge in [0.1, 0.15) is 0 Å². The molecule has 4 N–H and O–H groups in total. The minimum absolute atomic E-state index is 0. The van der Waals surface area contributed by atoms with Crippen LogP contribution in [-0.4, -0.2) is 19.6 Å². The molecule has 0 aliphatic carbocycles. The second-order valence-electron chi connectivity index (χ2n) is 0.505. The Labute approximate surface area is 72.6 Å². The second-order valence-corrected chi connectivity index (χ2v) is 1.52. The zero-order valence-electron chi connectivity index (χ0n) is 4.21. The van der Waals surface area contributed by atoms with Gasteiger partial charge in [-0.05, 0) is 0 Å². The Balaban J connectivity index is -0.0000000720. The molecule has 0 rings (SSSR count). The summed E-state index contributed by atoms with van der Waals surface area (Å²) >= 11 is 0. The fourth-order valence-electron chi connectivity index (χ4n) is 0. The van der Waals surface area contributed by atoms with Crippen LogP contribution in [0, 0.1) is 0 Å². The van der Waals surface area contributed by atoms with Crippen LogP contribution in [0.25, 0.3) is 0 Å². The van der Waals surface area contributed by atoms with Crippen LogP contribution in [0.3, 0.4) is 0 Å². The van der Waals surface area contributed by atoms with Crippen LogP contribution in [0.15, 0.2) is 0 Å². The van der Waals surface area contributed by atoms with E-state index in [0.29, 0.717) is 0 Å². The maximum atomic E-state index is 8.70. The largest absolute Gasteiger partial charge is 0.692 e. The molecule has 0 aromatic carbocycles. The van der Waals surface area contributed by atoms with Gasteiger partial charge in [0.25, 0.3) is 0 Å². The summed E-state index contributed by atoms with van der Waals surface area (Å²) in [6, 6.07) is 0. The van der Waals surface area contributed by atoms with Gasteiger partial charge in [-0.15, -0.1) is 19.6 Å². The quantitative estimate of drug-likeness (QED) is 0.341. The summed E-state index contributed by atoms with van der Waals surface area (Å²) < 4.78 is 17.4. The third kappa shape index (κ3) is 469. The van der Waals surface area contributed by atoms with E-state index in [1.54, 1.807) is 0 Å². The van der Waals surface area contributed by atoms with Crippen molar-refractivity contribution in [3.05, 3.63) is 0 Å². The first-order valence-electron chi connectivity index (χ1n) is 1.17. The third-order valence-corrected chi connectivity index (χ3v) is 0. The summed E-state index contributed by atoms with van der Waals surface area (Å²) in [5, 5.41) is 0. The molecule has 0 aromatic heterocycles. The Bertz CT molecular complexity index is 69.1. The second kappa shape index (κ2) is 11.7. The standard InChI is InChI=1S/Cd.2HO3P/c;2*1-4(2)3/h;2*(H-,1,2,3)/p+2. The fourth-order valence-corrected chi connectivity index (χ4v) is 0. The van der Waals surface area contributed by atoms with Crippen LogP contribution < -0.4 is 0 Å². The van der Waals surface area contributed by atoms with Gasteiger partial charge in [-0.3, -0.25) is 0 Å². The summed E-state index contributed by atoms with van der Waals surface area (Å²) in [5.41, 5.74) is 0. The van der Waals surface area contributed by atoms with Gasteiger partial charge in [0.2, 0.25) is 0 Å². The predicted molar refractivity (Wildman–Crippen MR) is 24.1 cm³/mol. The van der Waals surface area contributed by atoms with Crippen molar-refractivity contribution in [2.45, 2.75) is 0 Å². The van der Waals surface area contributed by atoms with Crippen LogP contribution in [-0.2, 0) is 36.4 Å². The zero-order valence-corrected chi connectivity index (χ0v) is 10.0. The van der Waals surface area contributed by atoms with Crippen molar-refractivity contribution in [3.8, 4) is 0 Å². The molecule has 0 saturated carbocycles. The van der Waals surface area contributed by atoms with Gasteiger partial charge in [-0.1, -0.05) is 0 Å². The molecule has 9 heteroatoms. The molecule has 0 fully saturated rings. The van der Waals surface area contributed by atoms with Crippen molar-refractivity contribution in [1.29, 1.82) is 0 Å². The number of hydrogen-bond acceptors (Lipinski definition) is 2. The molecule has 0 radical (unpaired) electrons. The molecule has 0 bridgehead atoms. The summed E-state index contributed by atoms with van der Waals surface area (Å²) in [4.78, 5) is 28.5. The van der Waals surface area contributed by atoms with E-state index in [4.69, 9.17) is 28.7 Å². The normalized spacial score (nSPS) is 5.78. The van der Waals surface area contributed by atoms with E-state index in [2.05, 4.69) is 0 Å². The van der Waals surface area contributed by atoms with Crippen molar-refractivity contribution in [2.75, 3.05) is 0 Å². The molecule has 9 heavy (non-hydrogen) atoms. The molecular weight excluding hydrogens is 270 g/mol. The van der Waals surface area contributed by atoms with Gasteiger partial charge in [-0.2, -0.15) is 0 Å². The van der Waals surface area contributed by atoms with E-state index < -0.39 is 16.5 Å². The Kier molecular flexibility index (Phi) is 21.5. The maximum absolute atomic E-state index is 8.70. The smallest absolute Gasteiger partial charge is 0.134 e. The Hall–Kier alpha value is 0.962. The van der Waals surface area contributed by atoms with E-state index in [0.717, 1.165) is 0 Å². The monoisotopic (exact) mass is 276 g/mol. The van der Waals surface area contributed by atoms with Crippen molar-refractivity contribution < 1.29 is 56.0 Å². The van der Waals surface area contributed by atoms with Crippen LogP contribution >= 0.6 is 16.5 Å². The van der Waals surface area contributed by atoms with Gasteiger partial charge in [0.05, 0.1) is 0 Å². The molecular formula is H4CdO6P2+2. The predicted octanol–water partition coefficient (Wildman–Crippen LogP) is -0.746. The molecule has 0 saturated heterocycles. The van der Waals surface area contributed by atoms with Crippen LogP contribution in [0.1, 0.15) is 0 Å². The zero-order chi connectivity index (χ0) is 7.15. The molecule has 0 aliphatic heterocycles. The first kappa shape index (κ1) is 16.5. The Morgan fingerprint density at radius 2 is 0.778 bits per heavy atom. The molecule has 0 spiro atoms. The molecule has 0 aliphatic rings. The van der Waals surface area contributed by atoms with Gasteiger partial charge >= 0.3 is 16.5 Å². The van der Waals surface area contributed by atoms with Crippen LogP contribution in [0.2, 0.25) is 0 Å². The number of hydrogen-bond donors (Lipinski definition) is 4. The van der Waals surface area contributed by atoms with Crippen molar-refractivity contribution in [1.82, 2.24) is 0 Å². The average molecular weight is 274 g/mol. The molecule has 0 unspecified atom stereocenters. The average Bonchev–Trinajstić information content (AvgIpc) is 1.25. The van der Waals surface area contributed by atoms with Crippen LogP contribution in [0.5, 0.6) is 0 Å². The first-order valence-corrected chi connectivity index (χ1v) is 3.50. The third-order valence-electron chi connectivity index (χ3n) is 0. The van der Waals surface area contributed by atoms with Crippen molar-refractivity contribution in [2.24, 2.45) is 0 Å². The molecule has 0 heterocycles. The number of rotatable bonds is 0. The Morgan fingerprint density at radius 3 is 0.778 bits per heavy atom. The summed E-state index contributed by atoms with van der Waals surface area (Å²) in [6.07, 6.45) is 0. The minimum atomic E-state index is -2.87. The van der Waals surface area contributed by atoms with E-state index in [1.807, 2.05) is 0 Å². The van der Waals surface area contributed by atoms with Crippen LogP contribution in [0.4, 0.5) is 0 Å².